The third-order valence-electron chi connectivity index (χ3n) is 4.94. The van der Waals surface area contributed by atoms with Crippen molar-refractivity contribution in [2.45, 2.75) is 38.9 Å². The second kappa shape index (κ2) is 6.67. The van der Waals surface area contributed by atoms with Crippen molar-refractivity contribution < 1.29 is 13.2 Å². The van der Waals surface area contributed by atoms with Crippen LogP contribution >= 0.6 is 0 Å². The van der Waals surface area contributed by atoms with Crippen molar-refractivity contribution in [3.05, 3.63) is 34.7 Å². The Kier molecular flexibility index (Phi) is 4.73. The molecule has 2 aromatic rings. The van der Waals surface area contributed by atoms with Gasteiger partial charge in [-0.15, -0.1) is 0 Å². The van der Waals surface area contributed by atoms with E-state index >= 15 is 0 Å². The number of hydrogen-bond donors (Lipinski definition) is 0. The van der Waals surface area contributed by atoms with Gasteiger partial charge in [0, 0.05) is 32.6 Å². The van der Waals surface area contributed by atoms with Crippen LogP contribution in [0.15, 0.2) is 29.1 Å². The summed E-state index contributed by atoms with van der Waals surface area (Å²) >= 11 is 0. The van der Waals surface area contributed by atoms with Gasteiger partial charge in [-0.05, 0) is 25.5 Å². The summed E-state index contributed by atoms with van der Waals surface area (Å²) in [5.41, 5.74) is 1.55. The number of carbonyl (C=O) groups excluding carboxylic acids is 1. The van der Waals surface area contributed by atoms with Crippen molar-refractivity contribution in [3.8, 4) is 0 Å². The number of imidazole rings is 1. The van der Waals surface area contributed by atoms with Gasteiger partial charge in [0.15, 0.2) is 9.84 Å². The zero-order valence-electron chi connectivity index (χ0n) is 14.5. The van der Waals surface area contributed by atoms with Crippen LogP contribution in [-0.4, -0.2) is 53.0 Å². The highest BCUT2D eigenvalue weighted by Crippen LogP contribution is 2.18. The van der Waals surface area contributed by atoms with Crippen LogP contribution in [0, 0.1) is 0 Å². The van der Waals surface area contributed by atoms with Gasteiger partial charge in [0.1, 0.15) is 0 Å². The molecule has 1 amide bonds. The van der Waals surface area contributed by atoms with Crippen LogP contribution in [0.5, 0.6) is 0 Å². The molecule has 7 nitrogen and oxygen atoms in total. The molecule has 0 N–H and O–H groups in total. The number of aromatic nitrogens is 2. The molecule has 1 aromatic carbocycles. The van der Waals surface area contributed by atoms with Gasteiger partial charge >= 0.3 is 5.69 Å². The summed E-state index contributed by atoms with van der Waals surface area (Å²) in [7, 11) is -1.38. The highest BCUT2D eigenvalue weighted by Gasteiger charge is 2.32. The van der Waals surface area contributed by atoms with Crippen LogP contribution in [-0.2, 0) is 27.7 Å². The second-order valence-electron chi connectivity index (χ2n) is 6.48. The molecule has 1 aliphatic rings. The summed E-state index contributed by atoms with van der Waals surface area (Å²) in [6.45, 7) is 2.77. The zero-order valence-corrected chi connectivity index (χ0v) is 15.3. The lowest BCUT2D eigenvalue weighted by molar-refractivity contribution is -0.131. The molecule has 1 fully saturated rings. The molecule has 0 saturated carbocycles. The minimum Gasteiger partial charge on any atom is -0.342 e. The van der Waals surface area contributed by atoms with Crippen LogP contribution < -0.4 is 5.69 Å². The summed E-state index contributed by atoms with van der Waals surface area (Å²) in [6, 6.07) is 7.27. The number of carbonyl (C=O) groups is 1. The first-order chi connectivity index (χ1) is 11.8. The van der Waals surface area contributed by atoms with Crippen molar-refractivity contribution in [2.75, 3.05) is 18.6 Å². The van der Waals surface area contributed by atoms with Crippen molar-refractivity contribution in [1.29, 1.82) is 0 Å². The maximum Gasteiger partial charge on any atom is 0.329 e. The van der Waals surface area contributed by atoms with Crippen molar-refractivity contribution in [2.24, 2.45) is 0 Å². The lowest BCUT2D eigenvalue weighted by Crippen LogP contribution is -2.38. The van der Waals surface area contributed by atoms with E-state index in [2.05, 4.69) is 0 Å². The lowest BCUT2D eigenvalue weighted by Gasteiger charge is -2.23. The molecule has 0 bridgehead atoms. The Labute approximate surface area is 146 Å². The maximum atomic E-state index is 12.6. The van der Waals surface area contributed by atoms with Gasteiger partial charge in [-0.2, -0.15) is 0 Å². The molecule has 0 radical (unpaired) electrons. The van der Waals surface area contributed by atoms with E-state index in [1.807, 2.05) is 31.2 Å². The Morgan fingerprint density at radius 2 is 1.88 bits per heavy atom. The van der Waals surface area contributed by atoms with E-state index in [9.17, 15) is 18.0 Å². The maximum absolute atomic E-state index is 12.6. The molecule has 0 aliphatic carbocycles. The van der Waals surface area contributed by atoms with Crippen LogP contribution in [0.3, 0.4) is 0 Å². The quantitative estimate of drug-likeness (QED) is 0.787. The molecular weight excluding hydrogens is 342 g/mol. The van der Waals surface area contributed by atoms with Gasteiger partial charge in [0.25, 0.3) is 0 Å². The molecule has 0 spiro atoms. The fourth-order valence-electron chi connectivity index (χ4n) is 3.46. The van der Waals surface area contributed by atoms with E-state index in [0.29, 0.717) is 13.0 Å². The first-order valence-electron chi connectivity index (χ1n) is 8.48. The number of rotatable bonds is 5. The van der Waals surface area contributed by atoms with E-state index in [4.69, 9.17) is 0 Å². The Balaban J connectivity index is 1.76. The normalized spacial score (nSPS) is 19.4. The summed E-state index contributed by atoms with van der Waals surface area (Å²) < 4.78 is 26.5. The fourth-order valence-corrected chi connectivity index (χ4v) is 5.24. The van der Waals surface area contributed by atoms with E-state index < -0.39 is 9.84 Å². The summed E-state index contributed by atoms with van der Waals surface area (Å²) in [4.78, 5) is 26.5. The van der Waals surface area contributed by atoms with E-state index in [0.717, 1.165) is 11.0 Å². The average Bonchev–Trinajstić information content (AvgIpc) is 3.08. The summed E-state index contributed by atoms with van der Waals surface area (Å²) in [5.74, 6) is 0.0330. The monoisotopic (exact) mass is 365 g/mol. The smallest absolute Gasteiger partial charge is 0.329 e. The Hall–Kier alpha value is -2.09. The number of amides is 1. The summed E-state index contributed by atoms with van der Waals surface area (Å²) in [5, 5.41) is 0. The first kappa shape index (κ1) is 17.7. The van der Waals surface area contributed by atoms with Gasteiger partial charge in [-0.1, -0.05) is 12.1 Å². The van der Waals surface area contributed by atoms with Gasteiger partial charge < -0.3 is 4.90 Å². The minimum atomic E-state index is -3.03. The van der Waals surface area contributed by atoms with E-state index in [1.165, 1.54) is 4.90 Å². The van der Waals surface area contributed by atoms with Crippen LogP contribution in [0.4, 0.5) is 0 Å². The molecule has 0 unspecified atom stereocenters. The number of para-hydroxylation sites is 2. The number of benzene rings is 1. The molecule has 1 aromatic heterocycles. The molecule has 136 valence electrons. The number of hydrogen-bond acceptors (Lipinski definition) is 4. The predicted molar refractivity (Wildman–Crippen MR) is 96.3 cm³/mol. The largest absolute Gasteiger partial charge is 0.342 e. The zero-order chi connectivity index (χ0) is 18.2. The number of sulfone groups is 1. The van der Waals surface area contributed by atoms with E-state index in [-0.39, 0.29) is 42.1 Å². The standard InChI is InChI=1S/C17H23N3O4S/c1-3-19-14-6-4-5-7-15(14)20(17(19)22)10-8-16(21)18(2)13-9-11-25(23,24)12-13/h4-7,13H,3,8-12H2,1-2H3/t13-/m0/s1. The molecule has 3 rings (SSSR count). The van der Waals surface area contributed by atoms with Gasteiger partial charge in [-0.25, -0.2) is 13.2 Å². The highest BCUT2D eigenvalue weighted by molar-refractivity contribution is 7.91. The van der Waals surface area contributed by atoms with E-state index in [1.54, 1.807) is 16.2 Å². The Morgan fingerprint density at radius 3 is 2.44 bits per heavy atom. The topological polar surface area (TPSA) is 81.4 Å². The molecule has 1 saturated heterocycles. The van der Waals surface area contributed by atoms with Crippen molar-refractivity contribution in [1.82, 2.24) is 14.0 Å². The average molecular weight is 365 g/mol. The van der Waals surface area contributed by atoms with Crippen molar-refractivity contribution in [3.63, 3.8) is 0 Å². The summed E-state index contributed by atoms with van der Waals surface area (Å²) in [6.07, 6.45) is 0.657. The van der Waals surface area contributed by atoms with Gasteiger partial charge in [-0.3, -0.25) is 13.9 Å². The fraction of sp³-hybridized carbons (Fsp3) is 0.529. The van der Waals surface area contributed by atoms with Crippen LogP contribution in [0.2, 0.25) is 0 Å². The van der Waals surface area contributed by atoms with Crippen molar-refractivity contribution >= 4 is 26.8 Å². The first-order valence-corrected chi connectivity index (χ1v) is 10.3. The van der Waals surface area contributed by atoms with Crippen LogP contribution in [0.1, 0.15) is 19.8 Å². The SMILES string of the molecule is CCn1c(=O)n(CCC(=O)N(C)[C@H]2CCS(=O)(=O)C2)c2ccccc21. The molecule has 1 aliphatic heterocycles. The highest BCUT2D eigenvalue weighted by atomic mass is 32.2. The predicted octanol–water partition coefficient (Wildman–Crippen LogP) is 0.859. The third-order valence-corrected chi connectivity index (χ3v) is 6.69. The Bertz CT molecular complexity index is 958. The number of nitrogens with zero attached hydrogens (tertiary/aromatic N) is 3. The molecule has 8 heteroatoms. The lowest BCUT2D eigenvalue weighted by atomic mass is 10.2. The molecule has 2 heterocycles. The number of aryl methyl sites for hydroxylation is 2. The van der Waals surface area contributed by atoms with Gasteiger partial charge in [0.2, 0.25) is 5.91 Å². The Morgan fingerprint density at radius 1 is 1.24 bits per heavy atom. The number of fused-ring (bicyclic) bond motifs is 1. The molecule has 25 heavy (non-hydrogen) atoms. The van der Waals surface area contributed by atoms with Crippen LogP contribution in [0.25, 0.3) is 11.0 Å². The minimum absolute atomic E-state index is 0.0321. The molecular formula is C17H23N3O4S. The molecule has 1 atom stereocenters. The van der Waals surface area contributed by atoms with Gasteiger partial charge in [0.05, 0.1) is 22.5 Å². The third kappa shape index (κ3) is 3.35. The second-order valence-corrected chi connectivity index (χ2v) is 8.71.